The van der Waals surface area contributed by atoms with Crippen molar-refractivity contribution in [2.75, 3.05) is 20.1 Å². The lowest BCUT2D eigenvalue weighted by Crippen LogP contribution is -2.27. The molecule has 0 unspecified atom stereocenters. The minimum atomic E-state index is -3.49. The summed E-state index contributed by atoms with van der Waals surface area (Å²) in [5.74, 6) is 0.844. The molecule has 1 amide bonds. The van der Waals surface area contributed by atoms with Crippen molar-refractivity contribution in [3.05, 3.63) is 42.0 Å². The van der Waals surface area contributed by atoms with Crippen molar-refractivity contribution >= 4 is 27.0 Å². The van der Waals surface area contributed by atoms with E-state index in [0.717, 1.165) is 42.7 Å². The van der Waals surface area contributed by atoms with Gasteiger partial charge in [0, 0.05) is 64.9 Å². The zero-order valence-corrected chi connectivity index (χ0v) is 20.4. The molecule has 1 aromatic carbocycles. The molecule has 33 heavy (non-hydrogen) atoms. The minimum absolute atomic E-state index is 0.0336. The van der Waals surface area contributed by atoms with Crippen LogP contribution in [0.4, 0.5) is 0 Å². The van der Waals surface area contributed by atoms with Crippen LogP contribution in [-0.2, 0) is 41.4 Å². The van der Waals surface area contributed by atoms with Crippen LogP contribution in [0.2, 0.25) is 0 Å². The smallest absolute Gasteiger partial charge is 0.243 e. The number of sulfonamides is 1. The number of nitrogens with zero attached hydrogens (tertiary/aromatic N) is 6. The van der Waals surface area contributed by atoms with Gasteiger partial charge in [-0.05, 0) is 37.5 Å². The van der Waals surface area contributed by atoms with Gasteiger partial charge in [-0.15, -0.1) is 0 Å². The predicted octanol–water partition coefficient (Wildman–Crippen LogP) is 2.56. The molecule has 0 N–H and O–H groups in total. The van der Waals surface area contributed by atoms with E-state index in [9.17, 15) is 13.2 Å². The summed E-state index contributed by atoms with van der Waals surface area (Å²) >= 11 is 0. The summed E-state index contributed by atoms with van der Waals surface area (Å²) in [6.07, 6.45) is 7.22. The number of imidazole rings is 1. The molecule has 1 saturated heterocycles. The van der Waals surface area contributed by atoms with Gasteiger partial charge in [0.2, 0.25) is 15.9 Å². The monoisotopic (exact) mass is 472 g/mol. The lowest BCUT2D eigenvalue weighted by molar-refractivity contribution is -0.130. The molecule has 4 rings (SSSR count). The Morgan fingerprint density at radius 3 is 2.64 bits per heavy atom. The first-order valence-electron chi connectivity index (χ1n) is 11.5. The van der Waals surface area contributed by atoms with Crippen molar-refractivity contribution < 1.29 is 13.2 Å². The highest BCUT2D eigenvalue weighted by Gasteiger charge is 2.28. The molecule has 1 aliphatic heterocycles. The van der Waals surface area contributed by atoms with E-state index in [1.54, 1.807) is 39.3 Å². The van der Waals surface area contributed by atoms with Crippen LogP contribution in [-0.4, -0.2) is 63.0 Å². The van der Waals surface area contributed by atoms with E-state index < -0.39 is 10.0 Å². The van der Waals surface area contributed by atoms with Gasteiger partial charge in [-0.3, -0.25) is 9.48 Å². The minimum Gasteiger partial charge on any atom is -0.341 e. The van der Waals surface area contributed by atoms with Crippen LogP contribution in [0.1, 0.15) is 44.0 Å². The third-order valence-electron chi connectivity index (χ3n) is 6.12. The molecule has 1 fully saturated rings. The van der Waals surface area contributed by atoms with Crippen molar-refractivity contribution in [1.82, 2.24) is 28.5 Å². The lowest BCUT2D eigenvalue weighted by Gasteiger charge is -2.16. The van der Waals surface area contributed by atoms with Crippen LogP contribution in [0.25, 0.3) is 11.0 Å². The van der Waals surface area contributed by atoms with Gasteiger partial charge in [0.1, 0.15) is 5.82 Å². The van der Waals surface area contributed by atoms with Crippen LogP contribution < -0.4 is 0 Å². The molecular weight excluding hydrogens is 440 g/mol. The van der Waals surface area contributed by atoms with Crippen molar-refractivity contribution in [1.29, 1.82) is 0 Å². The lowest BCUT2D eigenvalue weighted by atomic mass is 10.2. The number of amides is 1. The number of hydrogen-bond acceptors (Lipinski definition) is 5. The summed E-state index contributed by atoms with van der Waals surface area (Å²) in [5, 5.41) is 4.15. The van der Waals surface area contributed by atoms with Gasteiger partial charge in [0.15, 0.2) is 0 Å². The Kier molecular flexibility index (Phi) is 6.85. The van der Waals surface area contributed by atoms with Crippen molar-refractivity contribution in [2.45, 2.75) is 57.0 Å². The standard InChI is InChI=1S/C23H32N6O3S/c1-4-11-29-21-8-7-19(33(31,32)28-12-5-6-13-28)14-20(21)25-22(29)9-10-23(30)26(2)16-18-15-24-27(3)17-18/h7-8,14-15,17H,4-6,9-13,16H2,1-3H3. The maximum absolute atomic E-state index is 13.0. The SMILES string of the molecule is CCCn1c(CCC(=O)N(C)Cc2cnn(C)c2)nc2cc(S(=O)(=O)N3CCCC3)ccc21. The van der Waals surface area contributed by atoms with Crippen LogP contribution in [0.3, 0.4) is 0 Å². The highest BCUT2D eigenvalue weighted by molar-refractivity contribution is 7.89. The van der Waals surface area contributed by atoms with Gasteiger partial charge >= 0.3 is 0 Å². The largest absolute Gasteiger partial charge is 0.341 e. The van der Waals surface area contributed by atoms with E-state index in [2.05, 4.69) is 16.6 Å². The van der Waals surface area contributed by atoms with Crippen molar-refractivity contribution in [2.24, 2.45) is 7.05 Å². The van der Waals surface area contributed by atoms with E-state index in [-0.39, 0.29) is 10.8 Å². The maximum atomic E-state index is 13.0. The van der Waals surface area contributed by atoms with E-state index in [1.165, 1.54) is 0 Å². The van der Waals surface area contributed by atoms with E-state index in [1.807, 2.05) is 19.3 Å². The summed E-state index contributed by atoms with van der Waals surface area (Å²) < 4.78 is 31.3. The third kappa shape index (κ3) is 4.96. The molecule has 10 heteroatoms. The molecule has 0 spiro atoms. The van der Waals surface area contributed by atoms with Gasteiger partial charge in [-0.1, -0.05) is 6.92 Å². The second-order valence-corrected chi connectivity index (χ2v) is 10.7. The van der Waals surface area contributed by atoms with Gasteiger partial charge in [0.25, 0.3) is 0 Å². The molecule has 0 radical (unpaired) electrons. The number of carbonyl (C=O) groups is 1. The molecule has 2 aromatic heterocycles. The highest BCUT2D eigenvalue weighted by atomic mass is 32.2. The first-order valence-corrected chi connectivity index (χ1v) is 12.9. The van der Waals surface area contributed by atoms with Gasteiger partial charge < -0.3 is 9.47 Å². The number of carbonyl (C=O) groups excluding carboxylic acids is 1. The second kappa shape index (κ2) is 9.64. The summed E-state index contributed by atoms with van der Waals surface area (Å²) in [6.45, 7) is 4.52. The fraction of sp³-hybridized carbons (Fsp3) is 0.522. The number of rotatable bonds is 9. The molecular formula is C23H32N6O3S. The molecule has 1 aliphatic rings. The molecule has 0 atom stereocenters. The Hall–Kier alpha value is -2.72. The number of fused-ring (bicyclic) bond motifs is 1. The fourth-order valence-electron chi connectivity index (χ4n) is 4.39. The Morgan fingerprint density at radius 2 is 1.97 bits per heavy atom. The van der Waals surface area contributed by atoms with Crippen LogP contribution >= 0.6 is 0 Å². The van der Waals surface area contributed by atoms with Gasteiger partial charge in [0.05, 0.1) is 22.1 Å². The first kappa shape index (κ1) is 23.4. The molecule has 0 saturated carbocycles. The number of aromatic nitrogens is 4. The summed E-state index contributed by atoms with van der Waals surface area (Å²) in [7, 11) is 0.149. The maximum Gasteiger partial charge on any atom is 0.243 e. The van der Waals surface area contributed by atoms with E-state index in [0.29, 0.717) is 38.0 Å². The van der Waals surface area contributed by atoms with E-state index in [4.69, 9.17) is 4.98 Å². The zero-order valence-electron chi connectivity index (χ0n) is 19.6. The van der Waals surface area contributed by atoms with Crippen LogP contribution in [0.5, 0.6) is 0 Å². The average molecular weight is 473 g/mol. The molecule has 9 nitrogen and oxygen atoms in total. The quantitative estimate of drug-likeness (QED) is 0.477. The Balaban J connectivity index is 1.52. The second-order valence-electron chi connectivity index (χ2n) is 8.71. The average Bonchev–Trinajstić information content (AvgIpc) is 3.53. The summed E-state index contributed by atoms with van der Waals surface area (Å²) in [5.41, 5.74) is 2.55. The molecule has 0 bridgehead atoms. The summed E-state index contributed by atoms with van der Waals surface area (Å²) in [4.78, 5) is 19.5. The molecule has 3 heterocycles. The highest BCUT2D eigenvalue weighted by Crippen LogP contribution is 2.26. The number of aryl methyl sites for hydroxylation is 3. The zero-order chi connectivity index (χ0) is 23.6. The number of benzene rings is 1. The van der Waals surface area contributed by atoms with Crippen molar-refractivity contribution in [3.8, 4) is 0 Å². The first-order chi connectivity index (χ1) is 15.8. The third-order valence-corrected chi connectivity index (χ3v) is 8.01. The summed E-state index contributed by atoms with van der Waals surface area (Å²) in [6, 6.07) is 5.20. The molecule has 3 aromatic rings. The van der Waals surface area contributed by atoms with Crippen LogP contribution in [0.15, 0.2) is 35.5 Å². The molecule has 178 valence electrons. The predicted molar refractivity (Wildman–Crippen MR) is 126 cm³/mol. The van der Waals surface area contributed by atoms with Crippen molar-refractivity contribution in [3.63, 3.8) is 0 Å². The van der Waals surface area contributed by atoms with Gasteiger partial charge in [-0.2, -0.15) is 9.40 Å². The Morgan fingerprint density at radius 1 is 1.21 bits per heavy atom. The Labute approximate surface area is 195 Å². The van der Waals surface area contributed by atoms with Gasteiger partial charge in [-0.25, -0.2) is 13.4 Å². The number of hydrogen-bond donors (Lipinski definition) is 0. The Bertz CT molecular complexity index is 1240. The van der Waals surface area contributed by atoms with Crippen LogP contribution in [0, 0.1) is 0 Å². The fourth-order valence-corrected chi connectivity index (χ4v) is 5.92. The molecule has 0 aliphatic carbocycles. The van der Waals surface area contributed by atoms with E-state index >= 15 is 0 Å². The normalized spacial score (nSPS) is 14.9. The topological polar surface area (TPSA) is 93.3 Å².